The van der Waals surface area contributed by atoms with Crippen molar-refractivity contribution in [1.29, 1.82) is 0 Å². The number of hydrogen-bond acceptors (Lipinski definition) is 4. The summed E-state index contributed by atoms with van der Waals surface area (Å²) < 4.78 is 6.08. The fourth-order valence-electron chi connectivity index (χ4n) is 3.52. The third-order valence-corrected chi connectivity index (χ3v) is 5.11. The van der Waals surface area contributed by atoms with Crippen LogP contribution in [0, 0.1) is 0 Å². The van der Waals surface area contributed by atoms with E-state index < -0.39 is 0 Å². The molecular formula is C25H27N3O. The summed E-state index contributed by atoms with van der Waals surface area (Å²) in [4.78, 5) is 4.77. The molecule has 4 nitrogen and oxygen atoms in total. The molecule has 4 heteroatoms. The van der Waals surface area contributed by atoms with Crippen molar-refractivity contribution >= 4 is 22.5 Å². The molecule has 0 spiro atoms. The third-order valence-electron chi connectivity index (χ3n) is 5.11. The van der Waals surface area contributed by atoms with Crippen LogP contribution >= 0.6 is 0 Å². The van der Waals surface area contributed by atoms with E-state index in [2.05, 4.69) is 36.5 Å². The van der Waals surface area contributed by atoms with Crippen LogP contribution in [0.1, 0.15) is 32.6 Å². The lowest BCUT2D eigenvalue weighted by molar-refractivity contribution is 0.620. The van der Waals surface area contributed by atoms with Gasteiger partial charge >= 0.3 is 0 Å². The minimum absolute atomic E-state index is 0.591. The minimum Gasteiger partial charge on any atom is -0.436 e. The summed E-state index contributed by atoms with van der Waals surface area (Å²) in [6.45, 7) is 3.15. The highest BCUT2D eigenvalue weighted by Crippen LogP contribution is 2.33. The summed E-state index contributed by atoms with van der Waals surface area (Å²) in [5, 5.41) is 3.52. The Bertz CT molecular complexity index is 1090. The molecule has 4 rings (SSSR count). The maximum atomic E-state index is 6.08. The van der Waals surface area contributed by atoms with Crippen LogP contribution in [0.2, 0.25) is 0 Å². The first-order valence-corrected chi connectivity index (χ1v) is 10.3. The number of hydrogen-bond donors (Lipinski definition) is 2. The van der Waals surface area contributed by atoms with E-state index in [9.17, 15) is 0 Å². The smallest absolute Gasteiger partial charge is 0.229 e. The second-order valence-electron chi connectivity index (χ2n) is 7.36. The second-order valence-corrected chi connectivity index (χ2v) is 7.36. The normalized spacial score (nSPS) is 11.1. The Kier molecular flexibility index (Phi) is 5.80. The number of benzene rings is 3. The molecule has 0 aliphatic heterocycles. The zero-order valence-corrected chi connectivity index (χ0v) is 16.8. The number of anilines is 2. The van der Waals surface area contributed by atoms with Crippen LogP contribution in [0.15, 0.2) is 71.1 Å². The monoisotopic (exact) mass is 385 g/mol. The maximum absolute atomic E-state index is 6.08. The number of rotatable bonds is 8. The number of nitrogens with two attached hydrogens (primary N) is 1. The largest absolute Gasteiger partial charge is 0.436 e. The van der Waals surface area contributed by atoms with Crippen LogP contribution in [-0.4, -0.2) is 11.5 Å². The quantitative estimate of drug-likeness (QED) is 0.260. The molecule has 0 aliphatic carbocycles. The van der Waals surface area contributed by atoms with Crippen LogP contribution in [0.4, 0.5) is 11.4 Å². The van der Waals surface area contributed by atoms with Gasteiger partial charge in [0.1, 0.15) is 5.52 Å². The Morgan fingerprint density at radius 1 is 0.897 bits per heavy atom. The van der Waals surface area contributed by atoms with E-state index in [-0.39, 0.29) is 0 Å². The SMILES string of the molecule is CCCCCCNc1ccc(N)cc1-c1nc2cc(-c3ccccc3)ccc2o1. The Balaban J connectivity index is 1.63. The van der Waals surface area contributed by atoms with Gasteiger partial charge in [0.15, 0.2) is 5.58 Å². The summed E-state index contributed by atoms with van der Waals surface area (Å²) in [5.74, 6) is 0.591. The first-order chi connectivity index (χ1) is 14.2. The molecule has 0 aliphatic rings. The van der Waals surface area contributed by atoms with E-state index in [1.165, 1.54) is 19.3 Å². The minimum atomic E-state index is 0.591. The van der Waals surface area contributed by atoms with Crippen LogP contribution in [0.5, 0.6) is 0 Å². The Morgan fingerprint density at radius 2 is 1.76 bits per heavy atom. The summed E-state index contributed by atoms with van der Waals surface area (Å²) in [5.41, 5.74) is 12.6. The molecule has 0 bridgehead atoms. The van der Waals surface area contributed by atoms with Crippen molar-refractivity contribution < 1.29 is 4.42 Å². The van der Waals surface area contributed by atoms with Crippen LogP contribution < -0.4 is 11.1 Å². The van der Waals surface area contributed by atoms with Gasteiger partial charge in [-0.1, -0.05) is 62.6 Å². The number of unbranched alkanes of at least 4 members (excludes halogenated alkanes) is 3. The lowest BCUT2D eigenvalue weighted by Gasteiger charge is -2.10. The van der Waals surface area contributed by atoms with Gasteiger partial charge in [-0.2, -0.15) is 0 Å². The molecule has 0 amide bonds. The molecule has 0 saturated carbocycles. The van der Waals surface area contributed by atoms with Crippen molar-refractivity contribution in [2.45, 2.75) is 32.6 Å². The van der Waals surface area contributed by atoms with Crippen LogP contribution in [0.25, 0.3) is 33.7 Å². The second kappa shape index (κ2) is 8.82. The first kappa shape index (κ1) is 19.1. The van der Waals surface area contributed by atoms with Gasteiger partial charge in [-0.15, -0.1) is 0 Å². The first-order valence-electron chi connectivity index (χ1n) is 10.3. The highest BCUT2D eigenvalue weighted by Gasteiger charge is 2.14. The summed E-state index contributed by atoms with van der Waals surface area (Å²) in [6, 6.07) is 22.3. The average Bonchev–Trinajstić information content (AvgIpc) is 3.18. The van der Waals surface area contributed by atoms with Gasteiger partial charge in [0.2, 0.25) is 5.89 Å². The van der Waals surface area contributed by atoms with Crippen molar-refractivity contribution in [2.24, 2.45) is 0 Å². The molecule has 0 radical (unpaired) electrons. The predicted octanol–water partition coefficient (Wildman–Crippen LogP) is 6.74. The van der Waals surface area contributed by atoms with E-state index in [1.807, 2.05) is 42.5 Å². The van der Waals surface area contributed by atoms with Crippen molar-refractivity contribution in [3.63, 3.8) is 0 Å². The van der Waals surface area contributed by atoms with Crippen LogP contribution in [-0.2, 0) is 0 Å². The van der Waals surface area contributed by atoms with Gasteiger partial charge in [-0.25, -0.2) is 4.98 Å². The number of oxazole rings is 1. The standard InChI is InChI=1S/C25H27N3O/c1-2-3-4-8-15-27-22-13-12-20(26)17-21(22)25-28-23-16-19(11-14-24(23)29-25)18-9-6-5-7-10-18/h5-7,9-14,16-17,27H,2-4,8,15,26H2,1H3. The van der Waals surface area contributed by atoms with E-state index in [0.29, 0.717) is 11.6 Å². The molecule has 3 aromatic carbocycles. The van der Waals surface area contributed by atoms with E-state index in [4.69, 9.17) is 15.1 Å². The van der Waals surface area contributed by atoms with Crippen molar-refractivity contribution in [2.75, 3.05) is 17.6 Å². The van der Waals surface area contributed by atoms with Gasteiger partial charge < -0.3 is 15.5 Å². The van der Waals surface area contributed by atoms with Crippen molar-refractivity contribution in [3.8, 4) is 22.6 Å². The molecule has 1 aromatic heterocycles. The number of nitrogen functional groups attached to an aromatic ring is 1. The molecule has 0 unspecified atom stereocenters. The molecule has 3 N–H and O–H groups in total. The van der Waals surface area contributed by atoms with E-state index in [0.717, 1.165) is 46.4 Å². The van der Waals surface area contributed by atoms with Crippen LogP contribution in [0.3, 0.4) is 0 Å². The van der Waals surface area contributed by atoms with Gasteiger partial charge in [-0.3, -0.25) is 0 Å². The number of fused-ring (bicyclic) bond motifs is 1. The van der Waals surface area contributed by atoms with Crippen molar-refractivity contribution in [1.82, 2.24) is 4.98 Å². The summed E-state index contributed by atoms with van der Waals surface area (Å²) in [6.07, 6.45) is 4.89. The number of aromatic nitrogens is 1. The number of nitrogens with one attached hydrogen (secondary N) is 1. The molecule has 0 saturated heterocycles. The Morgan fingerprint density at radius 3 is 2.59 bits per heavy atom. The Hall–Kier alpha value is -3.27. The van der Waals surface area contributed by atoms with Crippen molar-refractivity contribution in [3.05, 3.63) is 66.7 Å². The number of nitrogens with zero attached hydrogens (tertiary/aromatic N) is 1. The molecule has 29 heavy (non-hydrogen) atoms. The zero-order chi connectivity index (χ0) is 20.1. The molecule has 4 aromatic rings. The molecule has 0 fully saturated rings. The van der Waals surface area contributed by atoms with Gasteiger partial charge in [0.25, 0.3) is 0 Å². The fraction of sp³-hybridized carbons (Fsp3) is 0.240. The molecule has 0 atom stereocenters. The highest BCUT2D eigenvalue weighted by atomic mass is 16.3. The zero-order valence-electron chi connectivity index (χ0n) is 16.8. The average molecular weight is 386 g/mol. The summed E-state index contributed by atoms with van der Waals surface area (Å²) >= 11 is 0. The fourth-order valence-corrected chi connectivity index (χ4v) is 3.52. The lowest BCUT2D eigenvalue weighted by atomic mass is 10.1. The maximum Gasteiger partial charge on any atom is 0.229 e. The molecule has 148 valence electrons. The third kappa shape index (κ3) is 4.43. The van der Waals surface area contributed by atoms with Gasteiger partial charge in [0, 0.05) is 17.9 Å². The van der Waals surface area contributed by atoms with Gasteiger partial charge in [-0.05, 0) is 47.9 Å². The molecule has 1 heterocycles. The van der Waals surface area contributed by atoms with E-state index >= 15 is 0 Å². The Labute approximate surface area is 171 Å². The van der Waals surface area contributed by atoms with E-state index in [1.54, 1.807) is 0 Å². The molecular weight excluding hydrogens is 358 g/mol. The topological polar surface area (TPSA) is 64.1 Å². The summed E-state index contributed by atoms with van der Waals surface area (Å²) in [7, 11) is 0. The van der Waals surface area contributed by atoms with Gasteiger partial charge in [0.05, 0.1) is 5.56 Å². The lowest BCUT2D eigenvalue weighted by Crippen LogP contribution is -2.03. The highest BCUT2D eigenvalue weighted by molar-refractivity contribution is 5.85. The predicted molar refractivity (Wildman–Crippen MR) is 122 cm³/mol.